The number of hydrogen-bond donors (Lipinski definition) is 3. The molecule has 0 radical (unpaired) electrons. The molecule has 2 aromatic rings. The van der Waals surface area contributed by atoms with Crippen LogP contribution in [-0.4, -0.2) is 31.6 Å². The molecule has 3 N–H and O–H groups in total. The molecule has 2 aromatic carbocycles. The summed E-state index contributed by atoms with van der Waals surface area (Å²) < 4.78 is 5.43. The predicted molar refractivity (Wildman–Crippen MR) is 95.8 cm³/mol. The van der Waals surface area contributed by atoms with Gasteiger partial charge in [-0.15, -0.1) is 0 Å². The summed E-state index contributed by atoms with van der Waals surface area (Å²) in [6, 6.07) is 15.0. The van der Waals surface area contributed by atoms with E-state index >= 15 is 0 Å². The molecule has 0 bridgehead atoms. The molecule has 130 valence electrons. The largest absolute Gasteiger partial charge is 0.493 e. The summed E-state index contributed by atoms with van der Waals surface area (Å²) in [6.45, 7) is 1.15. The van der Waals surface area contributed by atoms with Crippen molar-refractivity contribution in [1.29, 1.82) is 0 Å². The minimum Gasteiger partial charge on any atom is -0.493 e. The summed E-state index contributed by atoms with van der Waals surface area (Å²) in [7, 11) is 0. The summed E-state index contributed by atoms with van der Waals surface area (Å²) in [5.74, 6) is 0.650. The molecule has 1 aliphatic heterocycles. The first-order valence-electron chi connectivity index (χ1n) is 8.32. The second kappa shape index (κ2) is 8.19. The molecule has 3 amide bonds. The Hall–Kier alpha value is -3.02. The van der Waals surface area contributed by atoms with E-state index in [-0.39, 0.29) is 12.5 Å². The van der Waals surface area contributed by atoms with Gasteiger partial charge in [-0.2, -0.15) is 0 Å². The van der Waals surface area contributed by atoms with Gasteiger partial charge in [0, 0.05) is 18.7 Å². The van der Waals surface area contributed by atoms with Crippen LogP contribution < -0.4 is 20.7 Å². The highest BCUT2D eigenvalue weighted by Gasteiger charge is 2.13. The Balaban J connectivity index is 1.36. The van der Waals surface area contributed by atoms with Crippen LogP contribution >= 0.6 is 0 Å². The fourth-order valence-corrected chi connectivity index (χ4v) is 2.65. The van der Waals surface area contributed by atoms with Gasteiger partial charge in [-0.25, -0.2) is 4.79 Å². The fraction of sp³-hybridized carbons (Fsp3) is 0.263. The summed E-state index contributed by atoms with van der Waals surface area (Å²) in [6.07, 6.45) is 1.60. The lowest BCUT2D eigenvalue weighted by atomic mass is 10.1. The highest BCUT2D eigenvalue weighted by atomic mass is 16.5. The van der Waals surface area contributed by atoms with Crippen LogP contribution in [0.4, 0.5) is 10.5 Å². The van der Waals surface area contributed by atoms with E-state index in [1.54, 1.807) is 6.07 Å². The van der Waals surface area contributed by atoms with Gasteiger partial charge in [0.15, 0.2) is 0 Å². The lowest BCUT2D eigenvalue weighted by molar-refractivity contribution is -0.120. The van der Waals surface area contributed by atoms with E-state index in [0.717, 1.165) is 29.7 Å². The van der Waals surface area contributed by atoms with Crippen LogP contribution in [0, 0.1) is 0 Å². The molecule has 0 aliphatic carbocycles. The first-order valence-corrected chi connectivity index (χ1v) is 8.32. The molecular weight excluding hydrogens is 318 g/mol. The standard InChI is InChI=1S/C19H21N3O3/c23-18(20-10-8-14-4-2-1-3-5-14)13-21-19(24)22-16-6-7-17-15(12-16)9-11-25-17/h1-7,12H,8-11,13H2,(H,20,23)(H2,21,22,24). The number of carbonyl (C=O) groups excluding carboxylic acids is 2. The third kappa shape index (κ3) is 4.97. The molecule has 0 aromatic heterocycles. The normalized spacial score (nSPS) is 12.0. The molecule has 0 unspecified atom stereocenters. The number of amides is 3. The van der Waals surface area contributed by atoms with E-state index in [0.29, 0.717) is 18.8 Å². The SMILES string of the molecule is O=C(CNC(=O)Nc1ccc2c(c1)CCO2)NCCc1ccccc1. The minimum absolute atomic E-state index is 0.0608. The van der Waals surface area contributed by atoms with Crippen molar-refractivity contribution in [2.45, 2.75) is 12.8 Å². The second-order valence-electron chi connectivity index (χ2n) is 5.81. The van der Waals surface area contributed by atoms with E-state index in [4.69, 9.17) is 4.74 Å². The third-order valence-corrected chi connectivity index (χ3v) is 3.94. The zero-order valence-corrected chi connectivity index (χ0v) is 13.9. The molecule has 3 rings (SSSR count). The molecule has 6 heteroatoms. The van der Waals surface area contributed by atoms with Gasteiger partial charge in [0.05, 0.1) is 13.2 Å². The van der Waals surface area contributed by atoms with Crippen LogP contribution in [0.25, 0.3) is 0 Å². The maximum Gasteiger partial charge on any atom is 0.319 e. The Labute approximate surface area is 146 Å². The molecule has 1 aliphatic rings. The Kier molecular flexibility index (Phi) is 5.51. The maximum atomic E-state index is 11.9. The van der Waals surface area contributed by atoms with Crippen LogP contribution in [0.1, 0.15) is 11.1 Å². The molecule has 0 fully saturated rings. The number of benzene rings is 2. The van der Waals surface area contributed by atoms with Gasteiger partial charge in [0.1, 0.15) is 5.75 Å². The van der Waals surface area contributed by atoms with Crippen molar-refractivity contribution < 1.29 is 14.3 Å². The van der Waals surface area contributed by atoms with E-state index in [1.807, 2.05) is 42.5 Å². The van der Waals surface area contributed by atoms with Crippen molar-refractivity contribution in [3.63, 3.8) is 0 Å². The maximum absolute atomic E-state index is 11.9. The molecular formula is C19H21N3O3. The van der Waals surface area contributed by atoms with Gasteiger partial charge in [-0.05, 0) is 35.7 Å². The molecule has 6 nitrogen and oxygen atoms in total. The summed E-state index contributed by atoms with van der Waals surface area (Å²) >= 11 is 0. The van der Waals surface area contributed by atoms with Crippen molar-refractivity contribution in [2.24, 2.45) is 0 Å². The average molecular weight is 339 g/mol. The Morgan fingerprint density at radius 2 is 1.88 bits per heavy atom. The molecule has 0 atom stereocenters. The van der Waals surface area contributed by atoms with Crippen molar-refractivity contribution in [3.8, 4) is 5.75 Å². The van der Waals surface area contributed by atoms with Gasteiger partial charge in [0.2, 0.25) is 5.91 Å². The summed E-state index contributed by atoms with van der Waals surface area (Å²) in [4.78, 5) is 23.7. The van der Waals surface area contributed by atoms with Crippen molar-refractivity contribution in [3.05, 3.63) is 59.7 Å². The van der Waals surface area contributed by atoms with Gasteiger partial charge >= 0.3 is 6.03 Å². The predicted octanol–water partition coefficient (Wildman–Crippen LogP) is 2.10. The van der Waals surface area contributed by atoms with Gasteiger partial charge < -0.3 is 20.7 Å². The summed E-state index contributed by atoms with van der Waals surface area (Å²) in [5.41, 5.74) is 2.93. The van der Waals surface area contributed by atoms with Crippen LogP contribution in [0.2, 0.25) is 0 Å². The average Bonchev–Trinajstić information content (AvgIpc) is 3.09. The number of carbonyl (C=O) groups is 2. The number of rotatable bonds is 6. The zero-order chi connectivity index (χ0) is 17.5. The number of anilines is 1. The van der Waals surface area contributed by atoms with E-state index < -0.39 is 6.03 Å². The minimum atomic E-state index is -0.405. The lowest BCUT2D eigenvalue weighted by Crippen LogP contribution is -2.39. The van der Waals surface area contributed by atoms with E-state index in [1.165, 1.54) is 0 Å². The lowest BCUT2D eigenvalue weighted by Gasteiger charge is -2.09. The Morgan fingerprint density at radius 3 is 2.72 bits per heavy atom. The van der Waals surface area contributed by atoms with Crippen LogP contribution in [0.15, 0.2) is 48.5 Å². The number of hydrogen-bond acceptors (Lipinski definition) is 3. The van der Waals surface area contributed by atoms with Crippen molar-refractivity contribution in [1.82, 2.24) is 10.6 Å². The van der Waals surface area contributed by atoms with Crippen LogP contribution in [-0.2, 0) is 17.6 Å². The number of ether oxygens (including phenoxy) is 1. The smallest absolute Gasteiger partial charge is 0.319 e. The fourth-order valence-electron chi connectivity index (χ4n) is 2.65. The van der Waals surface area contributed by atoms with Gasteiger partial charge in [0.25, 0.3) is 0 Å². The number of nitrogens with one attached hydrogen (secondary N) is 3. The molecule has 0 saturated heterocycles. The first-order chi connectivity index (χ1) is 12.2. The van der Waals surface area contributed by atoms with E-state index in [2.05, 4.69) is 16.0 Å². The quantitative estimate of drug-likeness (QED) is 0.754. The monoisotopic (exact) mass is 339 g/mol. The first kappa shape index (κ1) is 16.8. The molecule has 25 heavy (non-hydrogen) atoms. The highest BCUT2D eigenvalue weighted by Crippen LogP contribution is 2.27. The van der Waals surface area contributed by atoms with E-state index in [9.17, 15) is 9.59 Å². The van der Waals surface area contributed by atoms with Gasteiger partial charge in [-0.1, -0.05) is 30.3 Å². The topological polar surface area (TPSA) is 79.5 Å². The number of fused-ring (bicyclic) bond motifs is 1. The van der Waals surface area contributed by atoms with Gasteiger partial charge in [-0.3, -0.25) is 4.79 Å². The Morgan fingerprint density at radius 1 is 1.04 bits per heavy atom. The van der Waals surface area contributed by atoms with Crippen molar-refractivity contribution in [2.75, 3.05) is 25.0 Å². The zero-order valence-electron chi connectivity index (χ0n) is 13.9. The van der Waals surface area contributed by atoms with Crippen molar-refractivity contribution >= 4 is 17.6 Å². The molecule has 0 saturated carbocycles. The second-order valence-corrected chi connectivity index (χ2v) is 5.81. The molecule has 0 spiro atoms. The third-order valence-electron chi connectivity index (χ3n) is 3.94. The summed E-state index contributed by atoms with van der Waals surface area (Å²) in [5, 5.41) is 8.06. The highest BCUT2D eigenvalue weighted by molar-refractivity contribution is 5.92. The number of urea groups is 1. The Bertz CT molecular complexity index is 747. The molecule has 1 heterocycles. The van der Waals surface area contributed by atoms with Crippen LogP contribution in [0.3, 0.4) is 0 Å². The van der Waals surface area contributed by atoms with Crippen LogP contribution in [0.5, 0.6) is 5.75 Å².